The Morgan fingerprint density at radius 1 is 1.42 bits per heavy atom. The monoisotopic (exact) mass is 359 g/mol. The van der Waals surface area contributed by atoms with Gasteiger partial charge in [0.05, 0.1) is 0 Å². The number of hydrogen-bond donors (Lipinski definition) is 1. The maximum absolute atomic E-state index is 12.0. The molecule has 1 aromatic heterocycles. The Kier molecular flexibility index (Phi) is 7.35. The van der Waals surface area contributed by atoms with Gasteiger partial charge in [0.1, 0.15) is 6.61 Å². The molecule has 0 bridgehead atoms. The molecule has 1 heterocycles. The molecule has 0 saturated heterocycles. The van der Waals surface area contributed by atoms with Crippen molar-refractivity contribution in [2.24, 2.45) is 0 Å². The van der Waals surface area contributed by atoms with E-state index in [0.29, 0.717) is 6.42 Å². The molecule has 110 valence electrons. The number of rotatable bonds is 8. The minimum atomic E-state index is -4.25. The van der Waals surface area contributed by atoms with Crippen LogP contribution < -0.4 is 5.32 Å². The molecule has 1 atom stereocenters. The van der Waals surface area contributed by atoms with Gasteiger partial charge in [-0.25, -0.2) is 0 Å². The lowest BCUT2D eigenvalue weighted by Crippen LogP contribution is -2.24. The first-order chi connectivity index (χ1) is 8.94. The molecule has 0 radical (unpaired) electrons. The predicted octanol–water partition coefficient (Wildman–Crippen LogP) is 4.52. The maximum Gasteiger partial charge on any atom is 0.411 e. The lowest BCUT2D eigenvalue weighted by atomic mass is 10.1. The Bertz CT molecular complexity index is 370. The summed E-state index contributed by atoms with van der Waals surface area (Å²) in [5.41, 5.74) is 1.08. The lowest BCUT2D eigenvalue weighted by Gasteiger charge is -2.18. The van der Waals surface area contributed by atoms with Crippen molar-refractivity contribution in [2.45, 2.75) is 32.0 Å². The van der Waals surface area contributed by atoms with Crippen LogP contribution in [0, 0.1) is 0 Å². The summed E-state index contributed by atoms with van der Waals surface area (Å²) in [4.78, 5) is 0. The smallest absolute Gasteiger partial charge is 0.372 e. The number of thiophene rings is 1. The number of ether oxygens (including phenoxy) is 1. The molecule has 0 amide bonds. The van der Waals surface area contributed by atoms with Crippen molar-refractivity contribution in [2.75, 3.05) is 19.8 Å². The molecule has 0 aliphatic rings. The van der Waals surface area contributed by atoms with Crippen molar-refractivity contribution in [1.29, 1.82) is 0 Å². The van der Waals surface area contributed by atoms with E-state index in [-0.39, 0.29) is 12.6 Å². The van der Waals surface area contributed by atoms with Gasteiger partial charge in [-0.15, -0.1) is 0 Å². The summed E-state index contributed by atoms with van der Waals surface area (Å²) in [5, 5.41) is 7.29. The highest BCUT2D eigenvalue weighted by atomic mass is 79.9. The second kappa shape index (κ2) is 8.24. The van der Waals surface area contributed by atoms with Crippen LogP contribution >= 0.6 is 27.3 Å². The van der Waals surface area contributed by atoms with Crippen LogP contribution in [0.3, 0.4) is 0 Å². The molecule has 1 aromatic rings. The molecule has 19 heavy (non-hydrogen) atoms. The molecular weight excluding hydrogens is 343 g/mol. The number of halogens is 4. The van der Waals surface area contributed by atoms with Crippen molar-refractivity contribution >= 4 is 27.3 Å². The molecule has 7 heteroatoms. The van der Waals surface area contributed by atoms with Crippen molar-refractivity contribution < 1.29 is 17.9 Å². The van der Waals surface area contributed by atoms with E-state index in [0.717, 1.165) is 23.0 Å². The largest absolute Gasteiger partial charge is 0.411 e. The highest BCUT2D eigenvalue weighted by molar-refractivity contribution is 9.10. The fraction of sp³-hybridized carbons (Fsp3) is 0.667. The van der Waals surface area contributed by atoms with Gasteiger partial charge in [0.25, 0.3) is 0 Å². The first-order valence-electron chi connectivity index (χ1n) is 6.03. The molecule has 0 saturated carbocycles. The second-order valence-corrected chi connectivity index (χ2v) is 5.74. The van der Waals surface area contributed by atoms with Gasteiger partial charge < -0.3 is 10.1 Å². The normalized spacial score (nSPS) is 13.7. The molecular formula is C12H17BrF3NOS. The lowest BCUT2D eigenvalue weighted by molar-refractivity contribution is -0.174. The molecule has 2 nitrogen and oxygen atoms in total. The van der Waals surface area contributed by atoms with E-state index in [1.807, 2.05) is 17.7 Å². The topological polar surface area (TPSA) is 21.3 Å². The molecule has 0 aliphatic carbocycles. The van der Waals surface area contributed by atoms with Crippen molar-refractivity contribution in [3.05, 3.63) is 20.8 Å². The Labute approximate surface area is 123 Å². The number of alkyl halides is 3. The summed E-state index contributed by atoms with van der Waals surface area (Å²) in [6, 6.07) is 0.0220. The summed E-state index contributed by atoms with van der Waals surface area (Å²) in [5.74, 6) is 0. The fourth-order valence-corrected chi connectivity index (χ4v) is 3.24. The van der Waals surface area contributed by atoms with Gasteiger partial charge >= 0.3 is 6.18 Å². The van der Waals surface area contributed by atoms with Gasteiger partial charge in [0.15, 0.2) is 0 Å². The molecule has 1 N–H and O–H groups in total. The highest BCUT2D eigenvalue weighted by Gasteiger charge is 2.27. The molecule has 0 aliphatic heterocycles. The van der Waals surface area contributed by atoms with E-state index in [9.17, 15) is 13.2 Å². The zero-order chi connectivity index (χ0) is 14.3. The van der Waals surface area contributed by atoms with Crippen LogP contribution in [-0.4, -0.2) is 25.9 Å². The third-order valence-electron chi connectivity index (χ3n) is 2.48. The van der Waals surface area contributed by atoms with Gasteiger partial charge in [0.2, 0.25) is 0 Å². The van der Waals surface area contributed by atoms with Gasteiger partial charge in [-0.05, 0) is 46.3 Å². The Morgan fingerprint density at radius 3 is 2.68 bits per heavy atom. The number of hydrogen-bond acceptors (Lipinski definition) is 3. The first-order valence-corrected chi connectivity index (χ1v) is 7.77. The highest BCUT2D eigenvalue weighted by Crippen LogP contribution is 2.29. The summed E-state index contributed by atoms with van der Waals surface area (Å²) >= 11 is 5.01. The quantitative estimate of drug-likeness (QED) is 0.689. The standard InChI is InChI=1S/C12H17BrF3NOS/c1-2-4-17-11(9-6-19-7-10(9)13)3-5-18-8-12(14,15)16/h6-7,11,17H,2-5,8H2,1H3. The summed E-state index contributed by atoms with van der Waals surface area (Å²) in [6.45, 7) is 1.78. The van der Waals surface area contributed by atoms with Gasteiger partial charge in [-0.2, -0.15) is 24.5 Å². The van der Waals surface area contributed by atoms with Crippen LogP contribution in [0.25, 0.3) is 0 Å². The SMILES string of the molecule is CCCNC(CCOCC(F)(F)F)c1cscc1Br. The first kappa shape index (κ1) is 16.9. The van der Waals surface area contributed by atoms with Crippen LogP contribution in [0.4, 0.5) is 13.2 Å². The van der Waals surface area contributed by atoms with E-state index < -0.39 is 12.8 Å². The van der Waals surface area contributed by atoms with Crippen molar-refractivity contribution in [3.63, 3.8) is 0 Å². The predicted molar refractivity (Wildman–Crippen MR) is 74.5 cm³/mol. The summed E-state index contributed by atoms with van der Waals surface area (Å²) < 4.78 is 41.6. The fourth-order valence-electron chi connectivity index (χ4n) is 1.62. The van der Waals surface area contributed by atoms with E-state index >= 15 is 0 Å². The average Bonchev–Trinajstić information content (AvgIpc) is 2.73. The third kappa shape index (κ3) is 6.74. The molecule has 0 fully saturated rings. The van der Waals surface area contributed by atoms with Gasteiger partial charge in [-0.3, -0.25) is 0 Å². The average molecular weight is 360 g/mol. The zero-order valence-corrected chi connectivity index (χ0v) is 13.0. The van der Waals surface area contributed by atoms with Crippen LogP contribution in [0.15, 0.2) is 15.2 Å². The van der Waals surface area contributed by atoms with Crippen LogP contribution in [0.2, 0.25) is 0 Å². The minimum absolute atomic E-state index is 0.0220. The summed E-state index contributed by atoms with van der Waals surface area (Å²) in [6.07, 6.45) is -2.76. The van der Waals surface area contributed by atoms with Crippen LogP contribution in [0.1, 0.15) is 31.4 Å². The Morgan fingerprint density at radius 2 is 2.16 bits per heavy atom. The molecule has 1 unspecified atom stereocenters. The van der Waals surface area contributed by atoms with Crippen LogP contribution in [-0.2, 0) is 4.74 Å². The Hall–Kier alpha value is -0.110. The zero-order valence-electron chi connectivity index (χ0n) is 10.6. The molecule has 1 rings (SSSR count). The van der Waals surface area contributed by atoms with Crippen LogP contribution in [0.5, 0.6) is 0 Å². The molecule has 0 aromatic carbocycles. The van der Waals surface area contributed by atoms with E-state index in [1.54, 1.807) is 11.3 Å². The van der Waals surface area contributed by atoms with Crippen molar-refractivity contribution in [1.82, 2.24) is 5.32 Å². The van der Waals surface area contributed by atoms with Crippen molar-refractivity contribution in [3.8, 4) is 0 Å². The van der Waals surface area contributed by atoms with Gasteiger partial charge in [-0.1, -0.05) is 6.92 Å². The van der Waals surface area contributed by atoms with E-state index in [1.165, 1.54) is 0 Å². The summed E-state index contributed by atoms with van der Waals surface area (Å²) in [7, 11) is 0. The maximum atomic E-state index is 12.0. The minimum Gasteiger partial charge on any atom is -0.372 e. The van der Waals surface area contributed by atoms with E-state index in [2.05, 4.69) is 26.0 Å². The second-order valence-electron chi connectivity index (χ2n) is 4.14. The molecule has 0 spiro atoms. The third-order valence-corrected chi connectivity index (χ3v) is 4.23. The van der Waals surface area contributed by atoms with E-state index in [4.69, 9.17) is 0 Å². The number of nitrogens with one attached hydrogen (secondary N) is 1. The Balaban J connectivity index is 2.45. The van der Waals surface area contributed by atoms with Gasteiger partial charge in [0, 0.05) is 22.5 Å².